The van der Waals surface area contributed by atoms with E-state index in [0.29, 0.717) is 32.0 Å². The van der Waals surface area contributed by atoms with Crippen LogP contribution in [0.1, 0.15) is 53.8 Å². The molecule has 1 aromatic rings. The fourth-order valence-electron chi connectivity index (χ4n) is 5.06. The lowest BCUT2D eigenvalue weighted by molar-refractivity contribution is -0.140. The highest BCUT2D eigenvalue weighted by molar-refractivity contribution is 5.94. The average Bonchev–Trinajstić information content (AvgIpc) is 2.99. The number of rotatable bonds is 3. The predicted molar refractivity (Wildman–Crippen MR) is 105 cm³/mol. The number of likely N-dealkylation sites (tertiary alicyclic amines) is 2. The first-order valence-electron chi connectivity index (χ1n) is 9.93. The Morgan fingerprint density at radius 3 is 2.78 bits per heavy atom. The third kappa shape index (κ3) is 3.59. The normalized spacial score (nSPS) is 24.9. The van der Waals surface area contributed by atoms with Gasteiger partial charge in [-0.2, -0.15) is 5.10 Å². The van der Waals surface area contributed by atoms with E-state index in [-0.39, 0.29) is 30.3 Å². The van der Waals surface area contributed by atoms with Crippen molar-refractivity contribution in [3.05, 3.63) is 17.0 Å². The Labute approximate surface area is 166 Å². The first-order valence-corrected chi connectivity index (χ1v) is 9.93. The van der Waals surface area contributed by atoms with Gasteiger partial charge in [-0.05, 0) is 44.4 Å². The van der Waals surface area contributed by atoms with Crippen LogP contribution in [-0.4, -0.2) is 63.6 Å². The van der Waals surface area contributed by atoms with Crippen LogP contribution >= 0.6 is 12.4 Å². The van der Waals surface area contributed by atoms with Gasteiger partial charge >= 0.3 is 0 Å². The molecule has 7 nitrogen and oxygen atoms in total. The summed E-state index contributed by atoms with van der Waals surface area (Å²) in [6.45, 7) is 2.56. The number of hydrogen-bond donors (Lipinski definition) is 1. The van der Waals surface area contributed by atoms with Gasteiger partial charge in [-0.25, -0.2) is 0 Å². The number of aromatic nitrogens is 2. The quantitative estimate of drug-likeness (QED) is 0.831. The van der Waals surface area contributed by atoms with Crippen molar-refractivity contribution in [2.45, 2.75) is 51.0 Å². The minimum atomic E-state index is 0. The van der Waals surface area contributed by atoms with Crippen LogP contribution in [0.4, 0.5) is 0 Å². The summed E-state index contributed by atoms with van der Waals surface area (Å²) in [6.07, 6.45) is 6.54. The number of piperidine rings is 2. The van der Waals surface area contributed by atoms with E-state index in [1.165, 1.54) is 0 Å². The second-order valence-electron chi connectivity index (χ2n) is 7.89. The van der Waals surface area contributed by atoms with Crippen molar-refractivity contribution in [1.82, 2.24) is 19.6 Å². The summed E-state index contributed by atoms with van der Waals surface area (Å²) in [4.78, 5) is 29.4. The van der Waals surface area contributed by atoms with Gasteiger partial charge in [0, 0.05) is 51.3 Å². The van der Waals surface area contributed by atoms with E-state index >= 15 is 0 Å². The highest BCUT2D eigenvalue weighted by atomic mass is 35.5. The zero-order chi connectivity index (χ0) is 18.3. The summed E-state index contributed by atoms with van der Waals surface area (Å²) >= 11 is 0. The Bertz CT molecular complexity index is 719. The monoisotopic (exact) mass is 395 g/mol. The third-order valence-electron chi connectivity index (χ3n) is 6.32. The zero-order valence-electron chi connectivity index (χ0n) is 16.0. The number of nitrogens with zero attached hydrogens (tertiary/aromatic N) is 4. The largest absolute Gasteiger partial charge is 0.338 e. The topological polar surface area (TPSA) is 84.5 Å². The van der Waals surface area contributed by atoms with Gasteiger partial charge in [-0.1, -0.05) is 0 Å². The van der Waals surface area contributed by atoms with Crippen LogP contribution in [0.25, 0.3) is 0 Å². The predicted octanol–water partition coefficient (Wildman–Crippen LogP) is 1.13. The maximum absolute atomic E-state index is 13.3. The Morgan fingerprint density at radius 1 is 1.22 bits per heavy atom. The lowest BCUT2D eigenvalue weighted by Gasteiger charge is -2.47. The Balaban J connectivity index is 0.00000210. The second-order valence-corrected chi connectivity index (χ2v) is 7.89. The molecular formula is C19H30ClN5O2. The van der Waals surface area contributed by atoms with Gasteiger partial charge in [0.05, 0.1) is 5.69 Å². The van der Waals surface area contributed by atoms with E-state index in [1.54, 1.807) is 4.68 Å². The molecule has 27 heavy (non-hydrogen) atoms. The van der Waals surface area contributed by atoms with Crippen LogP contribution in [-0.2, 0) is 24.7 Å². The van der Waals surface area contributed by atoms with E-state index < -0.39 is 0 Å². The van der Waals surface area contributed by atoms with E-state index in [1.807, 2.05) is 16.8 Å². The number of halogens is 1. The summed E-state index contributed by atoms with van der Waals surface area (Å²) in [5.41, 5.74) is 8.75. The first kappa shape index (κ1) is 20.1. The Kier molecular flexibility index (Phi) is 6.11. The summed E-state index contributed by atoms with van der Waals surface area (Å²) < 4.78 is 1.79. The molecule has 0 saturated carbocycles. The maximum Gasteiger partial charge on any atom is 0.272 e. The van der Waals surface area contributed by atoms with Crippen molar-refractivity contribution in [3.63, 3.8) is 0 Å². The molecule has 2 aliphatic heterocycles. The minimum absolute atomic E-state index is 0. The molecule has 0 bridgehead atoms. The summed E-state index contributed by atoms with van der Waals surface area (Å²) in [5.74, 6) is 0.696. The fraction of sp³-hybridized carbons (Fsp3) is 0.737. The van der Waals surface area contributed by atoms with E-state index in [4.69, 9.17) is 5.73 Å². The molecule has 1 aromatic heterocycles. The van der Waals surface area contributed by atoms with Gasteiger partial charge in [0.1, 0.15) is 5.69 Å². The van der Waals surface area contributed by atoms with Crippen molar-refractivity contribution in [2.24, 2.45) is 18.7 Å². The van der Waals surface area contributed by atoms with Crippen molar-refractivity contribution in [1.29, 1.82) is 0 Å². The van der Waals surface area contributed by atoms with Crippen LogP contribution in [0, 0.1) is 5.92 Å². The van der Waals surface area contributed by atoms with Crippen LogP contribution < -0.4 is 5.73 Å². The molecular weight excluding hydrogens is 366 g/mol. The van der Waals surface area contributed by atoms with Crippen LogP contribution in [0.5, 0.6) is 0 Å². The summed E-state index contributed by atoms with van der Waals surface area (Å²) in [6, 6.07) is 0.240. The molecule has 1 aliphatic carbocycles. The molecule has 0 unspecified atom stereocenters. The molecule has 3 aliphatic rings. The second kappa shape index (κ2) is 8.19. The number of aryl methyl sites for hydroxylation is 2. The number of nitrogens with two attached hydrogens (primary N) is 1. The van der Waals surface area contributed by atoms with E-state index in [0.717, 1.165) is 62.0 Å². The van der Waals surface area contributed by atoms with Gasteiger partial charge in [0.2, 0.25) is 5.91 Å². The molecule has 2 atom stereocenters. The molecule has 0 spiro atoms. The average molecular weight is 396 g/mol. The number of carbonyl (C=O) groups is 2. The van der Waals surface area contributed by atoms with E-state index in [9.17, 15) is 9.59 Å². The summed E-state index contributed by atoms with van der Waals surface area (Å²) in [5, 5.41) is 4.60. The number of amides is 2. The first-order chi connectivity index (χ1) is 12.6. The SMILES string of the molecule is Cl.Cn1nc2c(c1C(=O)N1CC[C@@H]3[C@@H](CCC(=O)N3CCN)C1)CCCC2. The standard InChI is InChI=1S/C19H29N5O2.ClH/c1-22-18(14-4-2-3-5-15(14)21-22)19(26)23-10-8-16-13(12-23)6-7-17(25)24(16)11-9-20;/h13,16H,2-12,20H2,1H3;1H/t13-,16+;/m0./s1. The number of fused-ring (bicyclic) bond motifs is 2. The molecule has 4 rings (SSSR count). The molecule has 2 N–H and O–H groups in total. The van der Waals surface area contributed by atoms with Gasteiger partial charge < -0.3 is 15.5 Å². The maximum atomic E-state index is 13.3. The Morgan fingerprint density at radius 2 is 2.00 bits per heavy atom. The minimum Gasteiger partial charge on any atom is -0.338 e. The zero-order valence-corrected chi connectivity index (χ0v) is 16.8. The van der Waals surface area contributed by atoms with Gasteiger partial charge in [0.25, 0.3) is 5.91 Å². The van der Waals surface area contributed by atoms with Crippen LogP contribution in [0.15, 0.2) is 0 Å². The van der Waals surface area contributed by atoms with Crippen molar-refractivity contribution in [2.75, 3.05) is 26.2 Å². The van der Waals surface area contributed by atoms with E-state index in [2.05, 4.69) is 5.10 Å². The molecule has 2 fully saturated rings. The molecule has 150 valence electrons. The van der Waals surface area contributed by atoms with Crippen LogP contribution in [0.3, 0.4) is 0 Å². The van der Waals surface area contributed by atoms with Gasteiger partial charge in [-0.3, -0.25) is 14.3 Å². The third-order valence-corrected chi connectivity index (χ3v) is 6.32. The van der Waals surface area contributed by atoms with Crippen molar-refractivity contribution in [3.8, 4) is 0 Å². The summed E-state index contributed by atoms with van der Waals surface area (Å²) in [7, 11) is 1.89. The highest BCUT2D eigenvalue weighted by Gasteiger charge is 2.41. The van der Waals surface area contributed by atoms with Crippen molar-refractivity contribution < 1.29 is 9.59 Å². The molecule has 0 aromatic carbocycles. The smallest absolute Gasteiger partial charge is 0.272 e. The molecule has 2 amide bonds. The highest BCUT2D eigenvalue weighted by Crippen LogP contribution is 2.32. The Hall–Kier alpha value is -1.60. The number of hydrogen-bond acceptors (Lipinski definition) is 4. The van der Waals surface area contributed by atoms with Gasteiger partial charge in [-0.15, -0.1) is 12.4 Å². The van der Waals surface area contributed by atoms with Crippen molar-refractivity contribution >= 4 is 24.2 Å². The lowest BCUT2D eigenvalue weighted by Crippen LogP contribution is -2.57. The molecule has 8 heteroatoms. The molecule has 2 saturated heterocycles. The molecule has 0 radical (unpaired) electrons. The lowest BCUT2D eigenvalue weighted by atomic mass is 9.83. The fourth-order valence-corrected chi connectivity index (χ4v) is 5.06. The molecule has 3 heterocycles. The van der Waals surface area contributed by atoms with Gasteiger partial charge in [0.15, 0.2) is 0 Å². The van der Waals surface area contributed by atoms with Crippen LogP contribution in [0.2, 0.25) is 0 Å². The number of carbonyl (C=O) groups excluding carboxylic acids is 2.